The van der Waals surface area contributed by atoms with E-state index in [4.69, 9.17) is 14.2 Å². The number of nitro benzene ring substituents is 1. The maximum absolute atomic E-state index is 12.8. The number of rotatable bonds is 9. The molecule has 2 aromatic rings. The average molecular weight is 432 g/mol. The lowest BCUT2D eigenvalue weighted by Crippen LogP contribution is -2.25. The van der Waals surface area contributed by atoms with Crippen molar-refractivity contribution in [2.24, 2.45) is 0 Å². The van der Waals surface area contributed by atoms with E-state index in [-0.39, 0.29) is 35.1 Å². The lowest BCUT2D eigenvalue weighted by molar-refractivity contribution is -0.385. The quantitative estimate of drug-likeness (QED) is 0.275. The van der Waals surface area contributed by atoms with E-state index in [1.54, 1.807) is 20.8 Å². The van der Waals surface area contributed by atoms with Gasteiger partial charge in [-0.25, -0.2) is 4.79 Å². The second kappa shape index (κ2) is 9.41. The number of aryl methyl sites for hydroxylation is 1. The fourth-order valence-electron chi connectivity index (χ4n) is 3.30. The number of carbonyl (C=O) groups is 3. The predicted octanol–water partition coefficient (Wildman–Crippen LogP) is 3.58. The molecule has 0 saturated carbocycles. The van der Waals surface area contributed by atoms with Gasteiger partial charge in [-0.3, -0.25) is 19.7 Å². The fourth-order valence-corrected chi connectivity index (χ4v) is 3.30. The average Bonchev–Trinajstić information content (AvgIpc) is 3.00. The SMILES string of the molecule is CCOc1cc([N+](=O)[O-])c(C(=O)OC(C)C(=O)c2[nH]c(C)c(C(C)=O)c2C)cc1OC. The summed E-state index contributed by atoms with van der Waals surface area (Å²) in [6.45, 7) is 7.94. The lowest BCUT2D eigenvalue weighted by Gasteiger charge is -2.14. The third-order valence-electron chi connectivity index (χ3n) is 4.69. The van der Waals surface area contributed by atoms with Gasteiger partial charge in [-0.05, 0) is 40.2 Å². The van der Waals surface area contributed by atoms with Crippen LogP contribution >= 0.6 is 0 Å². The van der Waals surface area contributed by atoms with Crippen LogP contribution < -0.4 is 9.47 Å². The number of nitrogens with one attached hydrogen (secondary N) is 1. The Morgan fingerprint density at radius 3 is 2.32 bits per heavy atom. The molecule has 0 radical (unpaired) electrons. The maximum atomic E-state index is 12.8. The summed E-state index contributed by atoms with van der Waals surface area (Å²) in [6.07, 6.45) is -1.26. The Kier molecular flexibility index (Phi) is 7.16. The number of nitrogens with zero attached hydrogens (tertiary/aromatic N) is 1. The second-order valence-electron chi connectivity index (χ2n) is 6.80. The molecule has 0 spiro atoms. The summed E-state index contributed by atoms with van der Waals surface area (Å²) in [5.41, 5.74) is 0.592. The minimum absolute atomic E-state index is 0.103. The number of esters is 1. The van der Waals surface area contributed by atoms with Crippen molar-refractivity contribution in [2.75, 3.05) is 13.7 Å². The first-order valence-electron chi connectivity index (χ1n) is 9.47. The molecule has 31 heavy (non-hydrogen) atoms. The summed E-state index contributed by atoms with van der Waals surface area (Å²) in [6, 6.07) is 2.21. The van der Waals surface area contributed by atoms with Crippen LogP contribution in [-0.2, 0) is 4.74 Å². The van der Waals surface area contributed by atoms with Crippen LogP contribution in [0.15, 0.2) is 12.1 Å². The highest BCUT2D eigenvalue weighted by Crippen LogP contribution is 2.35. The van der Waals surface area contributed by atoms with Crippen molar-refractivity contribution < 1.29 is 33.5 Å². The van der Waals surface area contributed by atoms with Crippen LogP contribution in [0.25, 0.3) is 0 Å². The summed E-state index contributed by atoms with van der Waals surface area (Å²) in [4.78, 5) is 50.8. The highest BCUT2D eigenvalue weighted by Gasteiger charge is 2.30. The topological polar surface area (TPSA) is 138 Å². The van der Waals surface area contributed by atoms with Crippen molar-refractivity contribution in [3.8, 4) is 11.5 Å². The maximum Gasteiger partial charge on any atom is 0.346 e. The van der Waals surface area contributed by atoms with Gasteiger partial charge in [0.15, 0.2) is 23.4 Å². The van der Waals surface area contributed by atoms with E-state index in [0.29, 0.717) is 16.8 Å². The van der Waals surface area contributed by atoms with Crippen LogP contribution in [0.4, 0.5) is 5.69 Å². The number of methoxy groups -OCH3 is 1. The van der Waals surface area contributed by atoms with Crippen LogP contribution in [0.1, 0.15) is 63.2 Å². The van der Waals surface area contributed by atoms with E-state index in [9.17, 15) is 24.5 Å². The Morgan fingerprint density at radius 1 is 1.19 bits per heavy atom. The first-order chi connectivity index (χ1) is 14.5. The molecule has 0 saturated heterocycles. The fraction of sp³-hybridized carbons (Fsp3) is 0.381. The van der Waals surface area contributed by atoms with Gasteiger partial charge < -0.3 is 19.2 Å². The van der Waals surface area contributed by atoms with Gasteiger partial charge in [0, 0.05) is 17.3 Å². The van der Waals surface area contributed by atoms with Gasteiger partial charge in [-0.2, -0.15) is 0 Å². The number of carbonyl (C=O) groups excluding carboxylic acids is 3. The van der Waals surface area contributed by atoms with Crippen molar-refractivity contribution in [2.45, 2.75) is 40.7 Å². The zero-order valence-electron chi connectivity index (χ0n) is 18.2. The Labute approximate surface area is 178 Å². The minimum atomic E-state index is -1.26. The van der Waals surface area contributed by atoms with Gasteiger partial charge in [-0.1, -0.05) is 0 Å². The van der Waals surface area contributed by atoms with Crippen LogP contribution in [0.5, 0.6) is 11.5 Å². The van der Waals surface area contributed by atoms with Crippen LogP contribution in [0.2, 0.25) is 0 Å². The van der Waals surface area contributed by atoms with Gasteiger partial charge in [0.2, 0.25) is 5.78 Å². The molecule has 0 bridgehead atoms. The number of benzene rings is 1. The van der Waals surface area contributed by atoms with Gasteiger partial charge >= 0.3 is 5.97 Å². The molecular formula is C21H24N2O8. The Morgan fingerprint density at radius 2 is 1.84 bits per heavy atom. The Hall–Kier alpha value is -3.69. The third-order valence-corrected chi connectivity index (χ3v) is 4.69. The summed E-state index contributed by atoms with van der Waals surface area (Å²) >= 11 is 0. The molecule has 0 amide bonds. The molecule has 10 nitrogen and oxygen atoms in total. The first kappa shape index (κ1) is 23.6. The molecule has 0 fully saturated rings. The summed E-state index contributed by atoms with van der Waals surface area (Å²) in [7, 11) is 1.33. The van der Waals surface area contributed by atoms with Crippen molar-refractivity contribution in [3.05, 3.63) is 50.3 Å². The number of nitro groups is 1. The molecule has 0 aliphatic carbocycles. The van der Waals surface area contributed by atoms with Gasteiger partial charge in [-0.15, -0.1) is 0 Å². The molecule has 10 heteroatoms. The van der Waals surface area contributed by atoms with E-state index >= 15 is 0 Å². The molecule has 1 N–H and O–H groups in total. The van der Waals surface area contributed by atoms with Gasteiger partial charge in [0.05, 0.1) is 30.4 Å². The number of Topliss-reactive ketones (excluding diaryl/α,β-unsaturated/α-hetero) is 2. The summed E-state index contributed by atoms with van der Waals surface area (Å²) in [5, 5.41) is 11.5. The van der Waals surface area contributed by atoms with Crippen molar-refractivity contribution in [1.29, 1.82) is 0 Å². The minimum Gasteiger partial charge on any atom is -0.493 e. The molecule has 1 atom stereocenters. The Bertz CT molecular complexity index is 1050. The zero-order valence-corrected chi connectivity index (χ0v) is 18.2. The standard InChI is InChI=1S/C21H24N2O8/c1-7-30-17-9-15(23(27)28)14(8-16(17)29-6)21(26)31-13(5)20(25)19-10(2)18(12(4)24)11(3)22-19/h8-9,13,22H,7H2,1-6H3. The molecule has 1 aromatic heterocycles. The molecule has 0 aliphatic heterocycles. The zero-order chi connectivity index (χ0) is 23.5. The second-order valence-corrected chi connectivity index (χ2v) is 6.80. The highest BCUT2D eigenvalue weighted by atomic mass is 16.6. The molecule has 1 heterocycles. The Balaban J connectivity index is 2.36. The van der Waals surface area contributed by atoms with Crippen molar-refractivity contribution in [1.82, 2.24) is 4.98 Å². The van der Waals surface area contributed by atoms with Gasteiger partial charge in [0.1, 0.15) is 5.56 Å². The number of aromatic amines is 1. The molecule has 1 unspecified atom stereocenters. The molecule has 1 aromatic carbocycles. The summed E-state index contributed by atoms with van der Waals surface area (Å²) in [5.74, 6) is -1.62. The summed E-state index contributed by atoms with van der Waals surface area (Å²) < 4.78 is 15.7. The van der Waals surface area contributed by atoms with Crippen molar-refractivity contribution >= 4 is 23.2 Å². The number of ketones is 2. The van der Waals surface area contributed by atoms with E-state index in [1.165, 1.54) is 21.0 Å². The van der Waals surface area contributed by atoms with Crippen molar-refractivity contribution in [3.63, 3.8) is 0 Å². The molecule has 166 valence electrons. The number of H-pyrrole nitrogens is 1. The predicted molar refractivity (Wildman–Crippen MR) is 110 cm³/mol. The lowest BCUT2D eigenvalue weighted by atomic mass is 10.0. The number of hydrogen-bond donors (Lipinski definition) is 1. The first-order valence-corrected chi connectivity index (χ1v) is 9.47. The molecular weight excluding hydrogens is 408 g/mol. The van der Waals surface area contributed by atoms with E-state index in [0.717, 1.165) is 12.1 Å². The highest BCUT2D eigenvalue weighted by molar-refractivity contribution is 6.06. The van der Waals surface area contributed by atoms with Crippen LogP contribution in [-0.4, -0.2) is 47.3 Å². The smallest absolute Gasteiger partial charge is 0.346 e. The van der Waals surface area contributed by atoms with Gasteiger partial charge in [0.25, 0.3) is 5.69 Å². The monoisotopic (exact) mass is 432 g/mol. The number of hydrogen-bond acceptors (Lipinski definition) is 8. The van der Waals surface area contributed by atoms with E-state index < -0.39 is 28.5 Å². The van der Waals surface area contributed by atoms with E-state index in [2.05, 4.69) is 4.98 Å². The molecule has 2 rings (SSSR count). The van der Waals surface area contributed by atoms with E-state index in [1.807, 2.05) is 0 Å². The normalized spacial score (nSPS) is 11.5. The van der Waals surface area contributed by atoms with Crippen LogP contribution in [0.3, 0.4) is 0 Å². The largest absolute Gasteiger partial charge is 0.493 e. The number of aromatic nitrogens is 1. The number of ether oxygens (including phenoxy) is 3. The van der Waals surface area contributed by atoms with Crippen LogP contribution in [0, 0.1) is 24.0 Å². The molecule has 0 aliphatic rings. The third kappa shape index (κ3) is 4.73.